The SMILES string of the molecule is CC[C@H](C(=O)NCC(C)C)N(Cc1cccc(OC)c1)C(=O)CN(c1ccccc1)S(C)(=O)=O. The molecule has 1 N–H and O–H groups in total. The van der Waals surface area contributed by atoms with Gasteiger partial charge in [-0.3, -0.25) is 13.9 Å². The molecule has 0 aliphatic carbocycles. The number of hydrogen-bond donors (Lipinski definition) is 1. The van der Waals surface area contributed by atoms with Crippen LogP contribution in [-0.2, 0) is 26.2 Å². The van der Waals surface area contributed by atoms with Crippen LogP contribution in [0.15, 0.2) is 54.6 Å². The van der Waals surface area contributed by atoms with Crippen molar-refractivity contribution in [3.05, 3.63) is 60.2 Å². The van der Waals surface area contributed by atoms with Gasteiger partial charge >= 0.3 is 0 Å². The van der Waals surface area contributed by atoms with Crippen molar-refractivity contribution in [3.8, 4) is 5.75 Å². The molecule has 0 spiro atoms. The Morgan fingerprint density at radius 2 is 1.74 bits per heavy atom. The van der Waals surface area contributed by atoms with Crippen LogP contribution in [-0.4, -0.2) is 57.6 Å². The van der Waals surface area contributed by atoms with Gasteiger partial charge in [-0.2, -0.15) is 0 Å². The van der Waals surface area contributed by atoms with Crippen LogP contribution in [0.3, 0.4) is 0 Å². The van der Waals surface area contributed by atoms with E-state index in [1.165, 1.54) is 4.90 Å². The number of amides is 2. The van der Waals surface area contributed by atoms with E-state index in [4.69, 9.17) is 4.74 Å². The second kappa shape index (κ2) is 12.4. The number of nitrogens with one attached hydrogen (secondary N) is 1. The molecule has 0 saturated heterocycles. The lowest BCUT2D eigenvalue weighted by atomic mass is 10.1. The predicted molar refractivity (Wildman–Crippen MR) is 134 cm³/mol. The highest BCUT2D eigenvalue weighted by Gasteiger charge is 2.31. The van der Waals surface area contributed by atoms with E-state index in [-0.39, 0.29) is 18.4 Å². The van der Waals surface area contributed by atoms with Crippen molar-refractivity contribution >= 4 is 27.5 Å². The molecule has 0 unspecified atom stereocenters. The molecule has 8 nitrogen and oxygen atoms in total. The third-order valence-electron chi connectivity index (χ3n) is 5.28. The Kier molecular flexibility index (Phi) is 9.92. The monoisotopic (exact) mass is 489 g/mol. The van der Waals surface area contributed by atoms with Gasteiger partial charge in [0.1, 0.15) is 18.3 Å². The fourth-order valence-corrected chi connectivity index (χ4v) is 4.37. The summed E-state index contributed by atoms with van der Waals surface area (Å²) < 4.78 is 31.4. The van der Waals surface area contributed by atoms with Crippen molar-refractivity contribution in [2.75, 3.05) is 30.8 Å². The Morgan fingerprint density at radius 3 is 2.29 bits per heavy atom. The molecule has 0 saturated carbocycles. The summed E-state index contributed by atoms with van der Waals surface area (Å²) in [6.45, 7) is 6.01. The first kappa shape index (κ1) is 27.2. The Morgan fingerprint density at radius 1 is 1.06 bits per heavy atom. The second-order valence-corrected chi connectivity index (χ2v) is 10.4. The molecule has 2 aromatic carbocycles. The van der Waals surface area contributed by atoms with Gasteiger partial charge < -0.3 is 15.0 Å². The molecule has 0 fully saturated rings. The highest BCUT2D eigenvalue weighted by Crippen LogP contribution is 2.20. The molecule has 2 amide bonds. The van der Waals surface area contributed by atoms with Crippen molar-refractivity contribution in [2.24, 2.45) is 5.92 Å². The zero-order valence-electron chi connectivity index (χ0n) is 20.5. The summed E-state index contributed by atoms with van der Waals surface area (Å²) in [4.78, 5) is 28.1. The molecule has 0 heterocycles. The smallest absolute Gasteiger partial charge is 0.244 e. The van der Waals surface area contributed by atoms with Gasteiger partial charge in [-0.25, -0.2) is 8.42 Å². The predicted octanol–water partition coefficient (Wildman–Crippen LogP) is 3.04. The minimum absolute atomic E-state index is 0.135. The number of rotatable bonds is 12. The maximum atomic E-state index is 13.6. The summed E-state index contributed by atoms with van der Waals surface area (Å²) in [5, 5.41) is 2.90. The Balaban J connectivity index is 2.41. The van der Waals surface area contributed by atoms with Crippen LogP contribution in [0.5, 0.6) is 5.75 Å². The van der Waals surface area contributed by atoms with E-state index in [1.54, 1.807) is 49.6 Å². The average Bonchev–Trinajstić information content (AvgIpc) is 2.80. The van der Waals surface area contributed by atoms with Gasteiger partial charge in [0.25, 0.3) is 0 Å². The van der Waals surface area contributed by atoms with Gasteiger partial charge in [-0.15, -0.1) is 0 Å². The van der Waals surface area contributed by atoms with Gasteiger partial charge in [0, 0.05) is 13.1 Å². The molecule has 2 aromatic rings. The molecule has 0 aromatic heterocycles. The van der Waals surface area contributed by atoms with Gasteiger partial charge in [0.2, 0.25) is 21.8 Å². The van der Waals surface area contributed by atoms with Crippen LogP contribution in [0.4, 0.5) is 5.69 Å². The second-order valence-electron chi connectivity index (χ2n) is 8.54. The lowest BCUT2D eigenvalue weighted by Gasteiger charge is -2.33. The number of carbonyl (C=O) groups excluding carboxylic acids is 2. The van der Waals surface area contributed by atoms with Crippen LogP contribution in [0.25, 0.3) is 0 Å². The molecule has 0 aliphatic rings. The van der Waals surface area contributed by atoms with E-state index in [0.29, 0.717) is 24.4 Å². The topological polar surface area (TPSA) is 96.0 Å². The van der Waals surface area contributed by atoms with Gasteiger partial charge in [-0.05, 0) is 42.2 Å². The number of anilines is 1. The summed E-state index contributed by atoms with van der Waals surface area (Å²) in [5.74, 6) is 0.147. The highest BCUT2D eigenvalue weighted by molar-refractivity contribution is 7.92. The number of nitrogens with zero attached hydrogens (tertiary/aromatic N) is 2. The quantitative estimate of drug-likeness (QED) is 0.494. The molecule has 186 valence electrons. The standard InChI is InChI=1S/C25H35N3O5S/c1-6-23(25(30)26-16-19(2)3)27(17-20-11-10-14-22(15-20)33-4)24(29)18-28(34(5,31)32)21-12-8-7-9-13-21/h7-15,19,23H,6,16-18H2,1-5H3,(H,26,30)/t23-/m1/s1. The summed E-state index contributed by atoms with van der Waals surface area (Å²) in [7, 11) is -2.18. The highest BCUT2D eigenvalue weighted by atomic mass is 32.2. The molecular formula is C25H35N3O5S. The van der Waals surface area contributed by atoms with Crippen molar-refractivity contribution in [3.63, 3.8) is 0 Å². The first-order chi connectivity index (χ1) is 16.1. The maximum absolute atomic E-state index is 13.6. The molecular weight excluding hydrogens is 454 g/mol. The Bertz CT molecular complexity index is 1060. The van der Waals surface area contributed by atoms with Crippen LogP contribution < -0.4 is 14.4 Å². The fourth-order valence-electron chi connectivity index (χ4n) is 3.52. The normalized spacial score (nSPS) is 12.2. The first-order valence-corrected chi connectivity index (χ1v) is 13.1. The number of methoxy groups -OCH3 is 1. The first-order valence-electron chi connectivity index (χ1n) is 11.3. The fraction of sp³-hybridized carbons (Fsp3) is 0.440. The van der Waals surface area contributed by atoms with Gasteiger partial charge in [0.15, 0.2) is 0 Å². The number of hydrogen-bond acceptors (Lipinski definition) is 5. The number of sulfonamides is 1. The molecule has 1 atom stereocenters. The summed E-state index contributed by atoms with van der Waals surface area (Å²) in [6.07, 6.45) is 1.44. The largest absolute Gasteiger partial charge is 0.497 e. The van der Waals surface area contributed by atoms with Crippen molar-refractivity contribution in [1.29, 1.82) is 0 Å². The minimum Gasteiger partial charge on any atom is -0.497 e. The summed E-state index contributed by atoms with van der Waals surface area (Å²) in [6, 6.07) is 14.9. The van der Waals surface area contributed by atoms with Crippen molar-refractivity contribution in [2.45, 2.75) is 39.8 Å². The zero-order valence-corrected chi connectivity index (χ0v) is 21.3. The molecule has 0 aliphatic heterocycles. The zero-order chi connectivity index (χ0) is 25.3. The molecule has 9 heteroatoms. The van der Waals surface area contributed by atoms with E-state index in [1.807, 2.05) is 32.9 Å². The van der Waals surface area contributed by atoms with Crippen LogP contribution in [0.2, 0.25) is 0 Å². The van der Waals surface area contributed by atoms with E-state index < -0.39 is 28.5 Å². The van der Waals surface area contributed by atoms with Gasteiger partial charge in [0.05, 0.1) is 19.1 Å². The Hall–Kier alpha value is -3.07. The lowest BCUT2D eigenvalue weighted by molar-refractivity contribution is -0.140. The summed E-state index contributed by atoms with van der Waals surface area (Å²) in [5.41, 5.74) is 1.16. The van der Waals surface area contributed by atoms with E-state index in [2.05, 4.69) is 5.32 Å². The third kappa shape index (κ3) is 7.76. The van der Waals surface area contributed by atoms with Crippen LogP contribution >= 0.6 is 0 Å². The van der Waals surface area contributed by atoms with Crippen molar-refractivity contribution < 1.29 is 22.7 Å². The maximum Gasteiger partial charge on any atom is 0.244 e. The number of benzene rings is 2. The minimum atomic E-state index is -3.74. The van der Waals surface area contributed by atoms with Crippen LogP contribution in [0.1, 0.15) is 32.8 Å². The number of carbonyl (C=O) groups is 2. The molecule has 2 rings (SSSR count). The Labute approximate surface area is 202 Å². The molecule has 0 radical (unpaired) electrons. The van der Waals surface area contributed by atoms with Crippen LogP contribution in [0, 0.1) is 5.92 Å². The van der Waals surface area contributed by atoms with Crippen molar-refractivity contribution in [1.82, 2.24) is 10.2 Å². The lowest BCUT2D eigenvalue weighted by Crippen LogP contribution is -2.52. The van der Waals surface area contributed by atoms with E-state index in [0.717, 1.165) is 16.1 Å². The van der Waals surface area contributed by atoms with E-state index in [9.17, 15) is 18.0 Å². The average molecular weight is 490 g/mol. The van der Waals surface area contributed by atoms with Gasteiger partial charge in [-0.1, -0.05) is 51.1 Å². The van der Waals surface area contributed by atoms with E-state index >= 15 is 0 Å². The molecule has 0 bridgehead atoms. The molecule has 34 heavy (non-hydrogen) atoms. The number of para-hydroxylation sites is 1. The third-order valence-corrected chi connectivity index (χ3v) is 6.42. The number of ether oxygens (including phenoxy) is 1. The summed E-state index contributed by atoms with van der Waals surface area (Å²) >= 11 is 0.